The molecule has 2 aromatic heterocycles. The maximum atomic E-state index is 3.97. The van der Waals surface area contributed by atoms with E-state index in [0.717, 1.165) is 11.1 Å². The molecule has 2 heterocycles. The van der Waals surface area contributed by atoms with Gasteiger partial charge in [-0.1, -0.05) is 32.6 Å². The highest BCUT2D eigenvalue weighted by Crippen LogP contribution is 2.28. The van der Waals surface area contributed by atoms with Crippen LogP contribution < -0.4 is 0 Å². The summed E-state index contributed by atoms with van der Waals surface area (Å²) in [4.78, 5) is 5.34. The van der Waals surface area contributed by atoms with E-state index in [1.165, 1.54) is 4.88 Å². The quantitative estimate of drug-likeness (QED) is 0.639. The highest BCUT2D eigenvalue weighted by molar-refractivity contribution is 7.10. The van der Waals surface area contributed by atoms with Crippen molar-refractivity contribution in [3.8, 4) is 11.8 Å². The highest BCUT2D eigenvalue weighted by Gasteiger charge is 2.15. The Morgan fingerprint density at radius 2 is 1.71 bits per heavy atom. The minimum absolute atomic E-state index is 0.210. The van der Waals surface area contributed by atoms with E-state index in [-0.39, 0.29) is 5.41 Å². The molecule has 0 aliphatic rings. The third-order valence-corrected chi connectivity index (χ3v) is 3.73. The molecule has 0 radical (unpaired) electrons. The van der Waals surface area contributed by atoms with Gasteiger partial charge in [-0.05, 0) is 23.6 Å². The molecule has 0 spiro atoms. The summed E-state index contributed by atoms with van der Waals surface area (Å²) in [6.45, 7) is 6.66. The lowest BCUT2D eigenvalue weighted by Gasteiger charge is -2.14. The molecule has 0 bridgehead atoms. The lowest BCUT2D eigenvalue weighted by atomic mass is 9.94. The molecule has 17 heavy (non-hydrogen) atoms. The predicted molar refractivity (Wildman–Crippen MR) is 73.2 cm³/mol. The number of hydrogen-bond donors (Lipinski definition) is 0. The summed E-state index contributed by atoms with van der Waals surface area (Å²) in [7, 11) is 0. The standard InChI is InChI=1S/C15H15NS/c1-15(2,3)14-10-13(11-17-14)5-4-12-6-8-16-9-7-12/h6-11H,1-3H3. The zero-order chi connectivity index (χ0) is 12.3. The summed E-state index contributed by atoms with van der Waals surface area (Å²) in [6.07, 6.45) is 3.52. The molecule has 0 aliphatic heterocycles. The Hall–Kier alpha value is -1.59. The van der Waals surface area contributed by atoms with Crippen molar-refractivity contribution in [2.45, 2.75) is 26.2 Å². The first-order chi connectivity index (χ1) is 8.05. The van der Waals surface area contributed by atoms with E-state index < -0.39 is 0 Å². The molecule has 0 atom stereocenters. The van der Waals surface area contributed by atoms with Gasteiger partial charge in [-0.3, -0.25) is 4.98 Å². The Morgan fingerprint density at radius 1 is 1.06 bits per heavy atom. The summed E-state index contributed by atoms with van der Waals surface area (Å²) >= 11 is 1.78. The van der Waals surface area contributed by atoms with Crippen LogP contribution in [0.3, 0.4) is 0 Å². The maximum absolute atomic E-state index is 3.97. The van der Waals surface area contributed by atoms with Crippen molar-refractivity contribution in [3.63, 3.8) is 0 Å². The Morgan fingerprint density at radius 3 is 2.29 bits per heavy atom. The zero-order valence-electron chi connectivity index (χ0n) is 10.3. The van der Waals surface area contributed by atoms with Crippen LogP contribution in [-0.4, -0.2) is 4.98 Å². The van der Waals surface area contributed by atoms with Gasteiger partial charge >= 0.3 is 0 Å². The fraction of sp³-hybridized carbons (Fsp3) is 0.267. The van der Waals surface area contributed by atoms with Crippen molar-refractivity contribution in [2.24, 2.45) is 0 Å². The molecular weight excluding hydrogens is 226 g/mol. The zero-order valence-corrected chi connectivity index (χ0v) is 11.1. The highest BCUT2D eigenvalue weighted by atomic mass is 32.1. The largest absolute Gasteiger partial charge is 0.265 e. The third kappa shape index (κ3) is 3.18. The van der Waals surface area contributed by atoms with Gasteiger partial charge in [0.25, 0.3) is 0 Å². The van der Waals surface area contributed by atoms with Gasteiger partial charge < -0.3 is 0 Å². The van der Waals surface area contributed by atoms with E-state index in [1.807, 2.05) is 12.1 Å². The SMILES string of the molecule is CC(C)(C)c1cc(C#Cc2ccncc2)cs1. The minimum Gasteiger partial charge on any atom is -0.265 e. The molecule has 2 heteroatoms. The summed E-state index contributed by atoms with van der Waals surface area (Å²) in [5, 5.41) is 2.12. The van der Waals surface area contributed by atoms with Gasteiger partial charge in [0, 0.05) is 33.8 Å². The number of rotatable bonds is 0. The summed E-state index contributed by atoms with van der Waals surface area (Å²) in [5.41, 5.74) is 2.31. The molecule has 0 N–H and O–H groups in total. The Balaban J connectivity index is 2.21. The van der Waals surface area contributed by atoms with Crippen LogP contribution in [0.5, 0.6) is 0 Å². The summed E-state index contributed by atoms with van der Waals surface area (Å²) in [5.74, 6) is 6.33. The molecule has 0 fully saturated rings. The fourth-order valence-electron chi connectivity index (χ4n) is 1.37. The van der Waals surface area contributed by atoms with Gasteiger partial charge in [0.05, 0.1) is 0 Å². The van der Waals surface area contributed by atoms with E-state index in [4.69, 9.17) is 0 Å². The lowest BCUT2D eigenvalue weighted by molar-refractivity contribution is 0.604. The number of pyridine rings is 1. The number of thiophene rings is 1. The smallest absolute Gasteiger partial charge is 0.0359 e. The van der Waals surface area contributed by atoms with Gasteiger partial charge in [0.2, 0.25) is 0 Å². The lowest BCUT2D eigenvalue weighted by Crippen LogP contribution is -2.07. The first-order valence-corrected chi connectivity index (χ1v) is 6.45. The molecule has 0 saturated carbocycles. The summed E-state index contributed by atoms with van der Waals surface area (Å²) < 4.78 is 0. The van der Waals surface area contributed by atoms with Crippen molar-refractivity contribution in [3.05, 3.63) is 52.0 Å². The van der Waals surface area contributed by atoms with Gasteiger partial charge in [0.1, 0.15) is 0 Å². The Labute approximate surface area is 107 Å². The predicted octanol–water partition coefficient (Wildman–Crippen LogP) is 3.84. The van der Waals surface area contributed by atoms with Crippen LogP contribution >= 0.6 is 11.3 Å². The second-order valence-electron chi connectivity index (χ2n) is 4.94. The third-order valence-electron chi connectivity index (χ3n) is 2.37. The van der Waals surface area contributed by atoms with E-state index in [9.17, 15) is 0 Å². The van der Waals surface area contributed by atoms with Gasteiger partial charge in [0.15, 0.2) is 0 Å². The van der Waals surface area contributed by atoms with Crippen LogP contribution in [0.4, 0.5) is 0 Å². The molecule has 0 aliphatic carbocycles. The van der Waals surface area contributed by atoms with Crippen LogP contribution in [0.25, 0.3) is 0 Å². The molecule has 0 aromatic carbocycles. The fourth-order valence-corrected chi connectivity index (χ4v) is 2.30. The van der Waals surface area contributed by atoms with Gasteiger partial charge in [-0.15, -0.1) is 11.3 Å². The minimum atomic E-state index is 0.210. The number of aromatic nitrogens is 1. The second kappa shape index (κ2) is 4.73. The van der Waals surface area contributed by atoms with Crippen LogP contribution in [0.15, 0.2) is 36.0 Å². The van der Waals surface area contributed by atoms with E-state index in [1.54, 1.807) is 23.7 Å². The van der Waals surface area contributed by atoms with Crippen LogP contribution in [0.1, 0.15) is 36.8 Å². The van der Waals surface area contributed by atoms with Crippen LogP contribution in [0.2, 0.25) is 0 Å². The van der Waals surface area contributed by atoms with Gasteiger partial charge in [-0.2, -0.15) is 0 Å². The molecule has 86 valence electrons. The van der Waals surface area contributed by atoms with E-state index in [2.05, 4.69) is 49.0 Å². The van der Waals surface area contributed by atoms with Crippen molar-refractivity contribution < 1.29 is 0 Å². The summed E-state index contributed by atoms with van der Waals surface area (Å²) in [6, 6.07) is 6.02. The maximum Gasteiger partial charge on any atom is 0.0359 e. The van der Waals surface area contributed by atoms with E-state index >= 15 is 0 Å². The average molecular weight is 241 g/mol. The Bertz CT molecular complexity index is 550. The van der Waals surface area contributed by atoms with Crippen molar-refractivity contribution >= 4 is 11.3 Å². The monoisotopic (exact) mass is 241 g/mol. The van der Waals surface area contributed by atoms with Crippen LogP contribution in [0, 0.1) is 11.8 Å². The van der Waals surface area contributed by atoms with Gasteiger partial charge in [-0.25, -0.2) is 0 Å². The molecule has 1 nitrogen and oxygen atoms in total. The number of nitrogens with zero attached hydrogens (tertiary/aromatic N) is 1. The molecule has 0 amide bonds. The second-order valence-corrected chi connectivity index (χ2v) is 5.85. The molecule has 2 rings (SSSR count). The molecule has 2 aromatic rings. The average Bonchev–Trinajstić information content (AvgIpc) is 2.76. The first kappa shape index (κ1) is 11.9. The number of hydrogen-bond acceptors (Lipinski definition) is 2. The van der Waals surface area contributed by atoms with Crippen LogP contribution in [-0.2, 0) is 5.41 Å². The molecular formula is C15H15NS. The molecule has 0 saturated heterocycles. The topological polar surface area (TPSA) is 12.9 Å². The van der Waals surface area contributed by atoms with Crippen molar-refractivity contribution in [1.82, 2.24) is 4.98 Å². The molecule has 0 unspecified atom stereocenters. The Kier molecular flexibility index (Phi) is 3.31. The first-order valence-electron chi connectivity index (χ1n) is 5.57. The van der Waals surface area contributed by atoms with Crippen molar-refractivity contribution in [1.29, 1.82) is 0 Å². The van der Waals surface area contributed by atoms with Crippen molar-refractivity contribution in [2.75, 3.05) is 0 Å². The normalized spacial score (nSPS) is 10.8. The van der Waals surface area contributed by atoms with E-state index in [0.29, 0.717) is 0 Å².